The summed E-state index contributed by atoms with van der Waals surface area (Å²) in [6.07, 6.45) is 4.51. The second-order valence-corrected chi connectivity index (χ2v) is 4.67. The van der Waals surface area contributed by atoms with E-state index in [2.05, 4.69) is 29.4 Å². The highest BCUT2D eigenvalue weighted by atomic mass is 16.4. The lowest BCUT2D eigenvalue weighted by molar-refractivity contribution is 0.313. The van der Waals surface area contributed by atoms with Gasteiger partial charge in [-0.05, 0) is 36.8 Å². The van der Waals surface area contributed by atoms with E-state index in [0.717, 1.165) is 18.6 Å². The Hall–Kier alpha value is -1.31. The third-order valence-electron chi connectivity index (χ3n) is 3.87. The Bertz CT molecular complexity index is 376. The molecule has 92 valence electrons. The Labute approximate surface area is 103 Å². The minimum Gasteiger partial charge on any atom is -0.411 e. The maximum Gasteiger partial charge on any atom is 0.0639 e. The summed E-state index contributed by atoms with van der Waals surface area (Å²) in [6.45, 7) is 4.00. The van der Waals surface area contributed by atoms with E-state index in [1.54, 1.807) is 0 Å². The summed E-state index contributed by atoms with van der Waals surface area (Å²) < 4.78 is 0. The van der Waals surface area contributed by atoms with Crippen molar-refractivity contribution < 1.29 is 5.21 Å². The molecule has 1 N–H and O–H groups in total. The first-order chi connectivity index (χ1) is 8.38. The molecule has 2 heteroatoms. The van der Waals surface area contributed by atoms with Crippen LogP contribution in [-0.4, -0.2) is 10.9 Å². The summed E-state index contributed by atoms with van der Waals surface area (Å²) in [5, 5.41) is 12.6. The first-order valence-corrected chi connectivity index (χ1v) is 6.67. The molecular formula is C15H21NO. The van der Waals surface area contributed by atoms with Gasteiger partial charge in [-0.1, -0.05) is 43.3 Å². The van der Waals surface area contributed by atoms with E-state index >= 15 is 0 Å². The summed E-state index contributed by atoms with van der Waals surface area (Å²) in [5.74, 6) is 0.979. The minimum atomic E-state index is 0.489. The molecule has 1 fully saturated rings. The van der Waals surface area contributed by atoms with Crippen LogP contribution in [0.1, 0.15) is 37.8 Å². The van der Waals surface area contributed by atoms with Crippen molar-refractivity contribution in [3.63, 3.8) is 0 Å². The second-order valence-electron chi connectivity index (χ2n) is 4.67. The highest BCUT2D eigenvalue weighted by Crippen LogP contribution is 2.37. The molecule has 0 amide bonds. The van der Waals surface area contributed by atoms with Crippen molar-refractivity contribution in [2.75, 3.05) is 0 Å². The molecule has 2 aliphatic carbocycles. The number of rotatable bonds is 0. The van der Waals surface area contributed by atoms with E-state index in [0.29, 0.717) is 11.8 Å². The van der Waals surface area contributed by atoms with E-state index in [1.807, 2.05) is 13.8 Å². The largest absolute Gasteiger partial charge is 0.411 e. The number of fused-ring (bicyclic) bond motifs is 3. The van der Waals surface area contributed by atoms with Crippen LogP contribution in [0, 0.1) is 11.8 Å². The molecule has 1 aromatic carbocycles. The van der Waals surface area contributed by atoms with Gasteiger partial charge < -0.3 is 5.21 Å². The highest BCUT2D eigenvalue weighted by molar-refractivity contribution is 5.91. The molecule has 1 aromatic rings. The summed E-state index contributed by atoms with van der Waals surface area (Å²) in [5.41, 5.74) is 3.95. The average molecular weight is 231 g/mol. The fourth-order valence-corrected chi connectivity index (χ4v) is 3.09. The van der Waals surface area contributed by atoms with E-state index in [4.69, 9.17) is 5.21 Å². The molecule has 0 heterocycles. The molecule has 2 atom stereocenters. The summed E-state index contributed by atoms with van der Waals surface area (Å²) in [7, 11) is 0. The van der Waals surface area contributed by atoms with Gasteiger partial charge in [-0.3, -0.25) is 0 Å². The molecule has 0 unspecified atom stereocenters. The van der Waals surface area contributed by atoms with Gasteiger partial charge in [0.15, 0.2) is 0 Å². The van der Waals surface area contributed by atoms with Gasteiger partial charge in [0, 0.05) is 11.8 Å². The molecule has 0 saturated heterocycles. The zero-order valence-corrected chi connectivity index (χ0v) is 10.7. The molecule has 2 nitrogen and oxygen atoms in total. The van der Waals surface area contributed by atoms with Gasteiger partial charge in [0.2, 0.25) is 0 Å². The van der Waals surface area contributed by atoms with Crippen LogP contribution in [0.3, 0.4) is 0 Å². The van der Waals surface area contributed by atoms with Crippen molar-refractivity contribution >= 4 is 5.71 Å². The van der Waals surface area contributed by atoms with Crippen molar-refractivity contribution in [2.45, 2.75) is 39.5 Å². The van der Waals surface area contributed by atoms with Gasteiger partial charge in [0.25, 0.3) is 0 Å². The SMILES string of the molecule is CC.ON=C1[C@@H]2CC[C@H]1Cc1ccccc1C2. The van der Waals surface area contributed by atoms with Crippen LogP contribution in [0.4, 0.5) is 0 Å². The minimum absolute atomic E-state index is 0.489. The Morgan fingerprint density at radius 3 is 1.88 bits per heavy atom. The first kappa shape index (κ1) is 12.2. The van der Waals surface area contributed by atoms with Crippen LogP contribution < -0.4 is 0 Å². The van der Waals surface area contributed by atoms with Gasteiger partial charge in [-0.25, -0.2) is 0 Å². The molecule has 0 aliphatic heterocycles. The van der Waals surface area contributed by atoms with Gasteiger partial charge in [0.05, 0.1) is 5.71 Å². The van der Waals surface area contributed by atoms with Crippen LogP contribution >= 0.6 is 0 Å². The molecule has 0 spiro atoms. The van der Waals surface area contributed by atoms with Crippen molar-refractivity contribution in [3.05, 3.63) is 35.4 Å². The third-order valence-corrected chi connectivity index (χ3v) is 3.87. The van der Waals surface area contributed by atoms with Crippen molar-refractivity contribution in [1.82, 2.24) is 0 Å². The van der Waals surface area contributed by atoms with Crippen LogP contribution in [-0.2, 0) is 12.8 Å². The van der Waals surface area contributed by atoms with Crippen LogP contribution in [0.25, 0.3) is 0 Å². The number of hydrogen-bond donors (Lipinski definition) is 1. The quantitative estimate of drug-likeness (QED) is 0.536. The zero-order chi connectivity index (χ0) is 12.3. The fourth-order valence-electron chi connectivity index (χ4n) is 3.09. The maximum atomic E-state index is 9.06. The molecule has 3 rings (SSSR count). The van der Waals surface area contributed by atoms with E-state index in [-0.39, 0.29) is 0 Å². The van der Waals surface area contributed by atoms with E-state index in [9.17, 15) is 0 Å². The normalized spacial score (nSPS) is 28.0. The van der Waals surface area contributed by atoms with Crippen LogP contribution in [0.2, 0.25) is 0 Å². The number of benzene rings is 1. The molecule has 1 saturated carbocycles. The Morgan fingerprint density at radius 2 is 1.47 bits per heavy atom. The van der Waals surface area contributed by atoms with Crippen LogP contribution in [0.5, 0.6) is 0 Å². The third kappa shape index (κ3) is 2.21. The lowest BCUT2D eigenvalue weighted by atomic mass is 9.94. The summed E-state index contributed by atoms with van der Waals surface area (Å²) >= 11 is 0. The lowest BCUT2D eigenvalue weighted by Gasteiger charge is -2.11. The number of nitrogens with zero attached hydrogens (tertiary/aromatic N) is 1. The predicted octanol–water partition coefficient (Wildman–Crippen LogP) is 3.67. The molecule has 0 aromatic heterocycles. The van der Waals surface area contributed by atoms with Crippen molar-refractivity contribution in [2.24, 2.45) is 17.0 Å². The Kier molecular flexibility index (Phi) is 3.82. The second kappa shape index (κ2) is 5.35. The molecule has 0 radical (unpaired) electrons. The number of oxime groups is 1. The molecule has 2 bridgehead atoms. The molecule has 2 aliphatic rings. The molecular weight excluding hydrogens is 210 g/mol. The number of hydrogen-bond acceptors (Lipinski definition) is 2. The predicted molar refractivity (Wildman–Crippen MR) is 70.6 cm³/mol. The standard InChI is InChI=1S/C13H15NO.C2H6/c15-14-13-11-5-6-12(13)8-10-4-2-1-3-9(10)7-11;1-2/h1-4,11-12,15H,5-8H2;1-2H3/t11-,12+;. The fraction of sp³-hybridized carbons (Fsp3) is 0.533. The van der Waals surface area contributed by atoms with Gasteiger partial charge >= 0.3 is 0 Å². The molecule has 17 heavy (non-hydrogen) atoms. The highest BCUT2D eigenvalue weighted by Gasteiger charge is 2.35. The topological polar surface area (TPSA) is 32.6 Å². The summed E-state index contributed by atoms with van der Waals surface area (Å²) in [4.78, 5) is 0. The smallest absolute Gasteiger partial charge is 0.0639 e. The van der Waals surface area contributed by atoms with E-state index < -0.39 is 0 Å². The first-order valence-electron chi connectivity index (χ1n) is 6.67. The van der Waals surface area contributed by atoms with Crippen LogP contribution in [0.15, 0.2) is 29.4 Å². The van der Waals surface area contributed by atoms with Gasteiger partial charge in [-0.2, -0.15) is 0 Å². The lowest BCUT2D eigenvalue weighted by Crippen LogP contribution is -2.14. The maximum absolute atomic E-state index is 9.06. The van der Waals surface area contributed by atoms with Gasteiger partial charge in [-0.15, -0.1) is 0 Å². The summed E-state index contributed by atoms with van der Waals surface area (Å²) in [6, 6.07) is 8.64. The van der Waals surface area contributed by atoms with Crippen molar-refractivity contribution in [3.8, 4) is 0 Å². The monoisotopic (exact) mass is 231 g/mol. The Morgan fingerprint density at radius 1 is 1.00 bits per heavy atom. The van der Waals surface area contributed by atoms with Crippen molar-refractivity contribution in [1.29, 1.82) is 0 Å². The zero-order valence-electron chi connectivity index (χ0n) is 10.7. The van der Waals surface area contributed by atoms with Gasteiger partial charge in [0.1, 0.15) is 0 Å². The average Bonchev–Trinajstić information content (AvgIpc) is 2.67. The van der Waals surface area contributed by atoms with E-state index in [1.165, 1.54) is 24.0 Å². The Balaban J connectivity index is 0.000000514.